The largest absolute Gasteiger partial charge is 0.442 e. The quantitative estimate of drug-likeness (QED) is 0.569. The molecule has 1 aliphatic heterocycles. The number of carbonyl (C=O) groups is 2. The molecule has 0 aromatic heterocycles. The normalized spacial score (nSPS) is 15.1. The van der Waals surface area contributed by atoms with Crippen molar-refractivity contribution in [3.05, 3.63) is 88.3 Å². The Morgan fingerprint density at radius 2 is 1.65 bits per heavy atom. The van der Waals surface area contributed by atoms with Crippen molar-refractivity contribution >= 4 is 29.1 Å². The zero-order valence-corrected chi connectivity index (χ0v) is 18.8. The van der Waals surface area contributed by atoms with Gasteiger partial charge in [0, 0.05) is 6.92 Å². The Kier molecular flexibility index (Phi) is 6.58. The second-order valence-corrected chi connectivity index (χ2v) is 8.11. The number of halogens is 1. The molecule has 1 atom stereocenters. The van der Waals surface area contributed by atoms with Crippen molar-refractivity contribution in [3.8, 4) is 11.1 Å². The summed E-state index contributed by atoms with van der Waals surface area (Å²) in [6.45, 7) is 3.75. The van der Waals surface area contributed by atoms with Gasteiger partial charge < -0.3 is 15.4 Å². The highest BCUT2D eigenvalue weighted by atomic mass is 19.1. The fourth-order valence-corrected chi connectivity index (χ4v) is 3.62. The molecule has 0 unspecified atom stereocenters. The molecule has 2 N–H and O–H groups in total. The van der Waals surface area contributed by atoms with E-state index in [1.807, 2.05) is 31.2 Å². The number of rotatable bonds is 6. The highest BCUT2D eigenvalue weighted by Gasteiger charge is 2.32. The molecule has 1 saturated heterocycles. The molecule has 2 amide bonds. The number of benzene rings is 2. The van der Waals surface area contributed by atoms with Gasteiger partial charge >= 0.3 is 6.09 Å². The van der Waals surface area contributed by atoms with E-state index in [2.05, 4.69) is 10.6 Å². The SMILES string of the molecule is CC(=O)NC[C@H]1CN(c2ccc(Nc3ccc(-c4ccc(C)cc4)ccc3=O)c(F)c2)C(=O)O1. The van der Waals surface area contributed by atoms with Crippen LogP contribution < -0.4 is 21.0 Å². The summed E-state index contributed by atoms with van der Waals surface area (Å²) in [4.78, 5) is 37.1. The summed E-state index contributed by atoms with van der Waals surface area (Å²) in [6.07, 6.45) is -1.14. The maximum atomic E-state index is 14.9. The number of ether oxygens (including phenoxy) is 1. The van der Waals surface area contributed by atoms with Gasteiger partial charge in [-0.1, -0.05) is 42.0 Å². The highest BCUT2D eigenvalue weighted by molar-refractivity contribution is 5.90. The lowest BCUT2D eigenvalue weighted by molar-refractivity contribution is -0.119. The third-order valence-corrected chi connectivity index (χ3v) is 5.48. The number of nitrogens with one attached hydrogen (secondary N) is 2. The maximum absolute atomic E-state index is 14.9. The molecule has 7 nitrogen and oxygen atoms in total. The summed E-state index contributed by atoms with van der Waals surface area (Å²) < 4.78 is 20.1. The van der Waals surface area contributed by atoms with Gasteiger partial charge in [0.2, 0.25) is 11.3 Å². The van der Waals surface area contributed by atoms with Crippen LogP contribution in [0.25, 0.3) is 11.1 Å². The van der Waals surface area contributed by atoms with Crippen LogP contribution in [0.5, 0.6) is 0 Å². The smallest absolute Gasteiger partial charge is 0.414 e. The average Bonchev–Trinajstić information content (AvgIpc) is 3.08. The molecule has 174 valence electrons. The first-order chi connectivity index (χ1) is 16.3. The first-order valence-electron chi connectivity index (χ1n) is 10.8. The molecule has 0 aliphatic carbocycles. The fraction of sp³-hybridized carbons (Fsp3) is 0.192. The number of carbonyl (C=O) groups excluding carboxylic acids is 2. The molecular weight excluding hydrogens is 437 g/mol. The molecule has 1 heterocycles. The molecule has 0 bridgehead atoms. The van der Waals surface area contributed by atoms with E-state index in [1.165, 1.54) is 30.0 Å². The first-order valence-corrected chi connectivity index (χ1v) is 10.8. The van der Waals surface area contributed by atoms with Crippen LogP contribution in [0.15, 0.2) is 71.5 Å². The number of amides is 2. The lowest BCUT2D eigenvalue weighted by Crippen LogP contribution is -2.33. The Morgan fingerprint density at radius 3 is 2.32 bits per heavy atom. The van der Waals surface area contributed by atoms with Crippen LogP contribution in [-0.2, 0) is 9.53 Å². The molecule has 1 aliphatic rings. The van der Waals surface area contributed by atoms with Crippen LogP contribution in [0.2, 0.25) is 0 Å². The Morgan fingerprint density at radius 1 is 1.00 bits per heavy atom. The van der Waals surface area contributed by atoms with Crippen LogP contribution in [0.1, 0.15) is 12.5 Å². The van der Waals surface area contributed by atoms with Crippen LogP contribution >= 0.6 is 0 Å². The van der Waals surface area contributed by atoms with Crippen molar-refractivity contribution in [2.24, 2.45) is 0 Å². The van der Waals surface area contributed by atoms with Gasteiger partial charge in [-0.15, -0.1) is 0 Å². The van der Waals surface area contributed by atoms with E-state index in [0.29, 0.717) is 5.69 Å². The van der Waals surface area contributed by atoms with Crippen LogP contribution in [-0.4, -0.2) is 31.2 Å². The van der Waals surface area contributed by atoms with E-state index in [0.717, 1.165) is 16.7 Å². The minimum atomic E-state index is -0.625. The second-order valence-electron chi connectivity index (χ2n) is 8.11. The Hall–Kier alpha value is -4.20. The van der Waals surface area contributed by atoms with E-state index in [4.69, 9.17) is 4.74 Å². The van der Waals surface area contributed by atoms with E-state index in [9.17, 15) is 18.8 Å². The molecule has 8 heteroatoms. The maximum Gasteiger partial charge on any atom is 0.414 e. The standard InChI is InChI=1S/C26H24FN3O4/c1-16-3-5-18(6-4-16)19-7-10-24(25(32)12-8-19)29-23-11-9-20(13-22(23)27)30-15-21(34-26(30)33)14-28-17(2)31/h3-13,21H,14-15H2,1-2H3,(H,28,31)(H,29,32)/t21-/m0/s1. The number of aryl methyl sites for hydroxylation is 1. The summed E-state index contributed by atoms with van der Waals surface area (Å²) in [5.41, 5.74) is 3.33. The second kappa shape index (κ2) is 9.74. The molecule has 3 aromatic rings. The van der Waals surface area contributed by atoms with Gasteiger partial charge in [0.1, 0.15) is 11.9 Å². The average molecular weight is 461 g/mol. The third-order valence-electron chi connectivity index (χ3n) is 5.48. The van der Waals surface area contributed by atoms with Crippen molar-refractivity contribution in [1.29, 1.82) is 0 Å². The van der Waals surface area contributed by atoms with Gasteiger partial charge in [-0.3, -0.25) is 14.5 Å². The lowest BCUT2D eigenvalue weighted by Gasteiger charge is -2.15. The fourth-order valence-electron chi connectivity index (χ4n) is 3.62. The zero-order valence-electron chi connectivity index (χ0n) is 18.8. The van der Waals surface area contributed by atoms with E-state index >= 15 is 0 Å². The van der Waals surface area contributed by atoms with Gasteiger partial charge in [0.25, 0.3) is 0 Å². The monoisotopic (exact) mass is 461 g/mol. The minimum absolute atomic E-state index is 0.103. The minimum Gasteiger partial charge on any atom is -0.442 e. The van der Waals surface area contributed by atoms with Gasteiger partial charge in [-0.05, 0) is 48.4 Å². The Balaban J connectivity index is 1.51. The Labute approximate surface area is 196 Å². The molecular formula is C26H24FN3O4. The van der Waals surface area contributed by atoms with Crippen molar-refractivity contribution in [2.75, 3.05) is 23.3 Å². The predicted octanol–water partition coefficient (Wildman–Crippen LogP) is 4.37. The number of cyclic esters (lactones) is 1. The van der Waals surface area contributed by atoms with Gasteiger partial charge in [0.05, 0.1) is 30.2 Å². The number of hydrogen-bond acceptors (Lipinski definition) is 5. The molecule has 0 saturated carbocycles. The van der Waals surface area contributed by atoms with Crippen molar-refractivity contribution in [1.82, 2.24) is 5.32 Å². The molecule has 34 heavy (non-hydrogen) atoms. The molecule has 0 radical (unpaired) electrons. The van der Waals surface area contributed by atoms with Crippen molar-refractivity contribution < 1.29 is 18.7 Å². The summed E-state index contributed by atoms with van der Waals surface area (Å²) in [5, 5.41) is 5.45. The summed E-state index contributed by atoms with van der Waals surface area (Å²) in [7, 11) is 0. The van der Waals surface area contributed by atoms with E-state index in [-0.39, 0.29) is 35.8 Å². The number of hydrogen-bond donors (Lipinski definition) is 2. The van der Waals surface area contributed by atoms with Crippen LogP contribution in [0.4, 0.5) is 26.2 Å². The number of nitrogens with zero attached hydrogens (tertiary/aromatic N) is 1. The third kappa shape index (κ3) is 5.23. The summed E-state index contributed by atoms with van der Waals surface area (Å²) in [5.74, 6) is -0.853. The summed E-state index contributed by atoms with van der Waals surface area (Å²) in [6, 6.07) is 18.8. The van der Waals surface area contributed by atoms with Gasteiger partial charge in [-0.25, -0.2) is 9.18 Å². The highest BCUT2D eigenvalue weighted by Crippen LogP contribution is 2.27. The molecule has 0 spiro atoms. The van der Waals surface area contributed by atoms with E-state index < -0.39 is 18.0 Å². The lowest BCUT2D eigenvalue weighted by atomic mass is 10.1. The first kappa shape index (κ1) is 23.0. The molecule has 1 fully saturated rings. The van der Waals surface area contributed by atoms with Crippen LogP contribution in [0, 0.1) is 12.7 Å². The Bertz CT molecular complexity index is 1290. The van der Waals surface area contributed by atoms with Crippen molar-refractivity contribution in [2.45, 2.75) is 20.0 Å². The summed E-state index contributed by atoms with van der Waals surface area (Å²) >= 11 is 0. The van der Waals surface area contributed by atoms with Crippen molar-refractivity contribution in [3.63, 3.8) is 0 Å². The molecule has 3 aromatic carbocycles. The topological polar surface area (TPSA) is 87.7 Å². The van der Waals surface area contributed by atoms with Gasteiger partial charge in [-0.2, -0.15) is 0 Å². The van der Waals surface area contributed by atoms with Crippen LogP contribution in [0.3, 0.4) is 0 Å². The zero-order chi connectivity index (χ0) is 24.2. The number of anilines is 3. The predicted molar refractivity (Wildman–Crippen MR) is 129 cm³/mol. The molecule has 4 rings (SSSR count). The van der Waals surface area contributed by atoms with E-state index in [1.54, 1.807) is 24.3 Å². The van der Waals surface area contributed by atoms with Gasteiger partial charge in [0.15, 0.2) is 0 Å².